The molecule has 2 heteroatoms. The van der Waals surface area contributed by atoms with Gasteiger partial charge in [0.25, 0.3) is 0 Å². The summed E-state index contributed by atoms with van der Waals surface area (Å²) in [4.78, 5) is 3.47. The molecule has 2 rings (SSSR count). The maximum Gasteiger partial charge on any atom is 0.0519 e. The fourth-order valence-corrected chi connectivity index (χ4v) is 2.64. The second-order valence-corrected chi connectivity index (χ2v) is 5.12. The van der Waals surface area contributed by atoms with Gasteiger partial charge in [0.05, 0.1) is 4.51 Å². The van der Waals surface area contributed by atoms with Crippen LogP contribution in [0, 0.1) is 18.4 Å². The SMILES string of the molecule is CCCCc1c(C)[nH]c2ccc(C)cc2c1=S. The Morgan fingerprint density at radius 3 is 2.71 bits per heavy atom. The lowest BCUT2D eigenvalue weighted by Gasteiger charge is -2.09. The molecule has 0 aliphatic heterocycles. The number of hydrogen-bond acceptors (Lipinski definition) is 1. The number of aryl methyl sites for hydroxylation is 2. The second-order valence-electron chi connectivity index (χ2n) is 4.71. The van der Waals surface area contributed by atoms with Crippen molar-refractivity contribution in [1.82, 2.24) is 4.98 Å². The van der Waals surface area contributed by atoms with Crippen molar-refractivity contribution in [2.75, 3.05) is 0 Å². The Kier molecular flexibility index (Phi) is 3.63. The Morgan fingerprint density at radius 1 is 1.24 bits per heavy atom. The second kappa shape index (κ2) is 5.01. The maximum absolute atomic E-state index is 5.63. The summed E-state index contributed by atoms with van der Waals surface area (Å²) < 4.78 is 1.04. The number of rotatable bonds is 3. The molecule has 2 aromatic rings. The Labute approximate surface area is 108 Å². The third kappa shape index (κ3) is 2.42. The topological polar surface area (TPSA) is 15.8 Å². The smallest absolute Gasteiger partial charge is 0.0519 e. The standard InChI is InChI=1S/C15H19NS/c1-4-5-6-12-11(3)16-14-8-7-10(2)9-13(14)15(12)17/h7-9H,4-6H2,1-3H3,(H,16,17). The molecule has 0 atom stereocenters. The van der Waals surface area contributed by atoms with Crippen molar-refractivity contribution < 1.29 is 0 Å². The lowest BCUT2D eigenvalue weighted by molar-refractivity contribution is 0.787. The molecule has 0 aliphatic rings. The fraction of sp³-hybridized carbons (Fsp3) is 0.400. The third-order valence-corrected chi connectivity index (χ3v) is 3.72. The van der Waals surface area contributed by atoms with Crippen molar-refractivity contribution in [3.8, 4) is 0 Å². The van der Waals surface area contributed by atoms with Crippen LogP contribution >= 0.6 is 12.2 Å². The van der Waals surface area contributed by atoms with Crippen LogP contribution < -0.4 is 0 Å². The Bertz CT molecular complexity index is 596. The summed E-state index contributed by atoms with van der Waals surface area (Å²) in [6.45, 7) is 6.45. The first kappa shape index (κ1) is 12.3. The van der Waals surface area contributed by atoms with Gasteiger partial charge in [-0.3, -0.25) is 0 Å². The van der Waals surface area contributed by atoms with E-state index in [1.165, 1.54) is 35.0 Å². The molecule has 0 fully saturated rings. The van der Waals surface area contributed by atoms with Gasteiger partial charge in [-0.05, 0) is 44.4 Å². The molecule has 0 radical (unpaired) electrons. The summed E-state index contributed by atoms with van der Waals surface area (Å²) in [6.07, 6.45) is 3.50. The molecule has 90 valence electrons. The van der Waals surface area contributed by atoms with Gasteiger partial charge in [0.1, 0.15) is 0 Å². The highest BCUT2D eigenvalue weighted by atomic mass is 32.1. The number of H-pyrrole nitrogens is 1. The molecule has 1 nitrogen and oxygen atoms in total. The molecule has 0 bridgehead atoms. The minimum atomic E-state index is 1.04. The molecule has 1 N–H and O–H groups in total. The van der Waals surface area contributed by atoms with Gasteiger partial charge in [0.2, 0.25) is 0 Å². The van der Waals surface area contributed by atoms with Gasteiger partial charge in [-0.25, -0.2) is 0 Å². The molecular weight excluding hydrogens is 226 g/mol. The molecule has 17 heavy (non-hydrogen) atoms. The van der Waals surface area contributed by atoms with Crippen molar-refractivity contribution in [2.45, 2.75) is 40.0 Å². The molecule has 1 aromatic carbocycles. The number of pyridine rings is 1. The first-order valence-corrected chi connectivity index (χ1v) is 6.66. The van der Waals surface area contributed by atoms with Crippen molar-refractivity contribution in [3.05, 3.63) is 39.5 Å². The van der Waals surface area contributed by atoms with E-state index in [1.807, 2.05) is 0 Å². The number of fused-ring (bicyclic) bond motifs is 1. The van der Waals surface area contributed by atoms with Crippen LogP contribution in [0.5, 0.6) is 0 Å². The number of aromatic nitrogens is 1. The Morgan fingerprint density at radius 2 is 2.00 bits per heavy atom. The van der Waals surface area contributed by atoms with Crippen molar-refractivity contribution in [1.29, 1.82) is 0 Å². The minimum Gasteiger partial charge on any atom is -0.358 e. The minimum absolute atomic E-state index is 1.04. The zero-order valence-electron chi connectivity index (χ0n) is 10.8. The van der Waals surface area contributed by atoms with Crippen LogP contribution in [0.1, 0.15) is 36.6 Å². The van der Waals surface area contributed by atoms with Gasteiger partial charge in [-0.1, -0.05) is 37.2 Å². The number of aromatic amines is 1. The van der Waals surface area contributed by atoms with E-state index in [2.05, 4.69) is 44.0 Å². The third-order valence-electron chi connectivity index (χ3n) is 3.25. The van der Waals surface area contributed by atoms with Gasteiger partial charge >= 0.3 is 0 Å². The predicted octanol–water partition coefficient (Wildman–Crippen LogP) is 4.86. The highest BCUT2D eigenvalue weighted by Gasteiger charge is 2.05. The van der Waals surface area contributed by atoms with Gasteiger partial charge in [-0.15, -0.1) is 0 Å². The van der Waals surface area contributed by atoms with Crippen molar-refractivity contribution in [2.24, 2.45) is 0 Å². The normalized spacial score (nSPS) is 11.0. The number of unbranched alkanes of at least 4 members (excludes halogenated alkanes) is 1. The van der Waals surface area contributed by atoms with Crippen LogP contribution in [0.4, 0.5) is 0 Å². The van der Waals surface area contributed by atoms with Crippen LogP contribution in [-0.4, -0.2) is 4.98 Å². The summed E-state index contributed by atoms with van der Waals surface area (Å²) in [5.41, 5.74) is 4.96. The summed E-state index contributed by atoms with van der Waals surface area (Å²) in [5.74, 6) is 0. The first-order chi connectivity index (χ1) is 8.13. The number of benzene rings is 1. The summed E-state index contributed by atoms with van der Waals surface area (Å²) >= 11 is 5.63. The highest BCUT2D eigenvalue weighted by Crippen LogP contribution is 2.22. The average molecular weight is 245 g/mol. The van der Waals surface area contributed by atoms with E-state index in [0.29, 0.717) is 0 Å². The largest absolute Gasteiger partial charge is 0.358 e. The van der Waals surface area contributed by atoms with Crippen LogP contribution in [-0.2, 0) is 6.42 Å². The van der Waals surface area contributed by atoms with E-state index in [-0.39, 0.29) is 0 Å². The van der Waals surface area contributed by atoms with E-state index in [0.717, 1.165) is 16.4 Å². The zero-order valence-corrected chi connectivity index (χ0v) is 11.6. The monoisotopic (exact) mass is 245 g/mol. The number of hydrogen-bond donors (Lipinski definition) is 1. The maximum atomic E-state index is 5.63. The van der Waals surface area contributed by atoms with Crippen LogP contribution in [0.2, 0.25) is 0 Å². The van der Waals surface area contributed by atoms with E-state index in [4.69, 9.17) is 12.2 Å². The Hall–Kier alpha value is -1.15. The highest BCUT2D eigenvalue weighted by molar-refractivity contribution is 7.71. The van der Waals surface area contributed by atoms with Gasteiger partial charge in [0.15, 0.2) is 0 Å². The van der Waals surface area contributed by atoms with E-state index in [9.17, 15) is 0 Å². The lowest BCUT2D eigenvalue weighted by atomic mass is 10.0. The van der Waals surface area contributed by atoms with Crippen molar-refractivity contribution >= 4 is 23.1 Å². The lowest BCUT2D eigenvalue weighted by Crippen LogP contribution is -1.96. The molecule has 1 aromatic heterocycles. The van der Waals surface area contributed by atoms with Crippen LogP contribution in [0.25, 0.3) is 10.9 Å². The first-order valence-electron chi connectivity index (χ1n) is 6.25. The van der Waals surface area contributed by atoms with Crippen molar-refractivity contribution in [3.63, 3.8) is 0 Å². The predicted molar refractivity (Wildman–Crippen MR) is 77.2 cm³/mol. The average Bonchev–Trinajstić information content (AvgIpc) is 2.30. The van der Waals surface area contributed by atoms with Crippen LogP contribution in [0.3, 0.4) is 0 Å². The number of nitrogens with one attached hydrogen (secondary N) is 1. The quantitative estimate of drug-likeness (QED) is 0.764. The summed E-state index contributed by atoms with van der Waals surface area (Å²) in [6, 6.07) is 6.43. The summed E-state index contributed by atoms with van der Waals surface area (Å²) in [7, 11) is 0. The summed E-state index contributed by atoms with van der Waals surface area (Å²) in [5, 5.41) is 1.19. The zero-order chi connectivity index (χ0) is 12.4. The van der Waals surface area contributed by atoms with Gasteiger partial charge < -0.3 is 4.98 Å². The van der Waals surface area contributed by atoms with E-state index < -0.39 is 0 Å². The molecule has 0 saturated carbocycles. The van der Waals surface area contributed by atoms with Gasteiger partial charge in [0, 0.05) is 16.6 Å². The van der Waals surface area contributed by atoms with E-state index >= 15 is 0 Å². The molecule has 0 unspecified atom stereocenters. The molecule has 0 amide bonds. The van der Waals surface area contributed by atoms with E-state index in [1.54, 1.807) is 0 Å². The van der Waals surface area contributed by atoms with Crippen LogP contribution in [0.15, 0.2) is 18.2 Å². The molecule has 0 spiro atoms. The fourth-order valence-electron chi connectivity index (χ4n) is 2.22. The van der Waals surface area contributed by atoms with Gasteiger partial charge in [-0.2, -0.15) is 0 Å². The molecule has 0 aliphatic carbocycles. The molecular formula is C15H19NS. The molecule has 0 saturated heterocycles. The molecule has 1 heterocycles. The Balaban J connectivity index is 2.65.